The van der Waals surface area contributed by atoms with E-state index in [2.05, 4.69) is 5.32 Å². The highest BCUT2D eigenvalue weighted by Gasteiger charge is 2.10. The highest BCUT2D eigenvalue weighted by molar-refractivity contribution is 5.87. The first-order valence-electron chi connectivity index (χ1n) is 6.58. The summed E-state index contributed by atoms with van der Waals surface area (Å²) in [7, 11) is 0. The van der Waals surface area contributed by atoms with Crippen molar-refractivity contribution in [1.82, 2.24) is 0 Å². The Morgan fingerprint density at radius 2 is 2.10 bits per heavy atom. The largest absolute Gasteiger partial charge is 0.494 e. The maximum Gasteiger partial charge on any atom is 0.338 e. The molecule has 0 amide bonds. The smallest absolute Gasteiger partial charge is 0.338 e. The molecule has 4 nitrogen and oxygen atoms in total. The van der Waals surface area contributed by atoms with Crippen LogP contribution in [-0.2, 0) is 6.54 Å². The first kappa shape index (κ1) is 14.8. The first-order valence-corrected chi connectivity index (χ1v) is 6.58. The Balaban J connectivity index is 2.04. The highest BCUT2D eigenvalue weighted by atomic mass is 19.1. The first-order chi connectivity index (χ1) is 10.1. The van der Waals surface area contributed by atoms with Crippen LogP contribution in [0.5, 0.6) is 5.75 Å². The third-order valence-corrected chi connectivity index (χ3v) is 2.91. The SMILES string of the molecule is CCOc1cccc(NCc2ccc(C(=O)O)c(F)c2)c1. The Bertz CT molecular complexity index is 643. The number of carboxylic acids is 1. The van der Waals surface area contributed by atoms with Gasteiger partial charge in [0.15, 0.2) is 0 Å². The maximum absolute atomic E-state index is 13.6. The Labute approximate surface area is 122 Å². The molecule has 5 heteroatoms. The average Bonchev–Trinajstić information content (AvgIpc) is 2.45. The van der Waals surface area contributed by atoms with Gasteiger partial charge in [0, 0.05) is 18.3 Å². The molecule has 21 heavy (non-hydrogen) atoms. The lowest BCUT2D eigenvalue weighted by Gasteiger charge is -2.09. The van der Waals surface area contributed by atoms with Gasteiger partial charge in [0.25, 0.3) is 0 Å². The van der Waals surface area contributed by atoms with Crippen LogP contribution in [0.15, 0.2) is 42.5 Å². The van der Waals surface area contributed by atoms with Gasteiger partial charge in [-0.05, 0) is 36.8 Å². The van der Waals surface area contributed by atoms with Crippen molar-refractivity contribution in [3.8, 4) is 5.75 Å². The normalized spacial score (nSPS) is 10.2. The van der Waals surface area contributed by atoms with Gasteiger partial charge in [-0.1, -0.05) is 12.1 Å². The van der Waals surface area contributed by atoms with Gasteiger partial charge in [0.05, 0.1) is 12.2 Å². The van der Waals surface area contributed by atoms with E-state index in [4.69, 9.17) is 9.84 Å². The molecule has 0 aliphatic heterocycles. The van der Waals surface area contributed by atoms with E-state index in [0.29, 0.717) is 18.7 Å². The number of benzene rings is 2. The van der Waals surface area contributed by atoms with Gasteiger partial charge in [-0.25, -0.2) is 9.18 Å². The average molecular weight is 289 g/mol. The second-order valence-corrected chi connectivity index (χ2v) is 4.43. The monoisotopic (exact) mass is 289 g/mol. The van der Waals surface area contributed by atoms with Gasteiger partial charge >= 0.3 is 5.97 Å². The molecule has 0 atom stereocenters. The fourth-order valence-corrected chi connectivity index (χ4v) is 1.91. The van der Waals surface area contributed by atoms with Crippen LogP contribution in [-0.4, -0.2) is 17.7 Å². The predicted molar refractivity (Wildman–Crippen MR) is 78.3 cm³/mol. The molecule has 0 heterocycles. The summed E-state index contributed by atoms with van der Waals surface area (Å²) < 4.78 is 19.0. The van der Waals surface area contributed by atoms with Gasteiger partial charge in [-0.2, -0.15) is 0 Å². The minimum Gasteiger partial charge on any atom is -0.494 e. The van der Waals surface area contributed by atoms with Gasteiger partial charge in [-0.3, -0.25) is 0 Å². The van der Waals surface area contributed by atoms with Crippen LogP contribution in [0.25, 0.3) is 0 Å². The molecule has 0 aliphatic rings. The molecule has 2 aromatic carbocycles. The van der Waals surface area contributed by atoms with E-state index >= 15 is 0 Å². The Morgan fingerprint density at radius 3 is 2.76 bits per heavy atom. The van der Waals surface area contributed by atoms with E-state index in [0.717, 1.165) is 11.4 Å². The predicted octanol–water partition coefficient (Wildman–Crippen LogP) is 3.53. The Kier molecular flexibility index (Phi) is 4.77. The third kappa shape index (κ3) is 3.95. The molecule has 0 fully saturated rings. The van der Waals surface area contributed by atoms with Crippen molar-refractivity contribution in [2.75, 3.05) is 11.9 Å². The molecular weight excluding hydrogens is 273 g/mol. The number of anilines is 1. The summed E-state index contributed by atoms with van der Waals surface area (Å²) in [6.07, 6.45) is 0. The summed E-state index contributed by atoms with van der Waals surface area (Å²) in [6.45, 7) is 2.89. The highest BCUT2D eigenvalue weighted by Crippen LogP contribution is 2.18. The van der Waals surface area contributed by atoms with Crippen LogP contribution in [0.3, 0.4) is 0 Å². The summed E-state index contributed by atoms with van der Waals surface area (Å²) in [5.41, 5.74) is 1.19. The van der Waals surface area contributed by atoms with Crippen LogP contribution in [0, 0.1) is 5.82 Å². The topological polar surface area (TPSA) is 58.6 Å². The third-order valence-electron chi connectivity index (χ3n) is 2.91. The van der Waals surface area contributed by atoms with E-state index in [-0.39, 0.29) is 5.56 Å². The Morgan fingerprint density at radius 1 is 1.29 bits per heavy atom. The summed E-state index contributed by atoms with van der Waals surface area (Å²) >= 11 is 0. The number of carboxylic acid groups (broad SMARTS) is 1. The van der Waals surface area contributed by atoms with Gasteiger partial charge in [0.1, 0.15) is 11.6 Å². The van der Waals surface area contributed by atoms with E-state index in [1.165, 1.54) is 12.1 Å². The van der Waals surface area contributed by atoms with E-state index < -0.39 is 11.8 Å². The molecule has 2 aromatic rings. The number of nitrogens with one attached hydrogen (secondary N) is 1. The maximum atomic E-state index is 13.6. The lowest BCUT2D eigenvalue weighted by atomic mass is 10.1. The molecule has 0 unspecified atom stereocenters. The van der Waals surface area contributed by atoms with Crippen molar-refractivity contribution in [2.45, 2.75) is 13.5 Å². The number of hydrogen-bond donors (Lipinski definition) is 2. The zero-order valence-corrected chi connectivity index (χ0v) is 11.6. The molecule has 0 aromatic heterocycles. The molecule has 110 valence electrons. The fourth-order valence-electron chi connectivity index (χ4n) is 1.91. The van der Waals surface area contributed by atoms with Crippen LogP contribution >= 0.6 is 0 Å². The zero-order valence-electron chi connectivity index (χ0n) is 11.6. The summed E-state index contributed by atoms with van der Waals surface area (Å²) in [6, 6.07) is 11.5. The van der Waals surface area contributed by atoms with Crippen LogP contribution < -0.4 is 10.1 Å². The number of halogens is 1. The summed E-state index contributed by atoms with van der Waals surface area (Å²) in [5, 5.41) is 11.9. The molecular formula is C16H16FNO3. The molecule has 0 saturated heterocycles. The minimum absolute atomic E-state index is 0.322. The number of carbonyl (C=O) groups is 1. The standard InChI is InChI=1S/C16H16FNO3/c1-2-21-13-5-3-4-12(9-13)18-10-11-6-7-14(16(19)20)15(17)8-11/h3-9,18H,2,10H2,1H3,(H,19,20). The lowest BCUT2D eigenvalue weighted by molar-refractivity contribution is 0.0692. The number of ether oxygens (including phenoxy) is 1. The molecule has 2 N–H and O–H groups in total. The minimum atomic E-state index is -1.27. The van der Waals surface area contributed by atoms with Crippen molar-refractivity contribution in [1.29, 1.82) is 0 Å². The lowest BCUT2D eigenvalue weighted by Crippen LogP contribution is -2.04. The fraction of sp³-hybridized carbons (Fsp3) is 0.188. The van der Waals surface area contributed by atoms with Crippen LogP contribution in [0.2, 0.25) is 0 Å². The van der Waals surface area contributed by atoms with Gasteiger partial charge in [-0.15, -0.1) is 0 Å². The van der Waals surface area contributed by atoms with Gasteiger partial charge < -0.3 is 15.2 Å². The second kappa shape index (κ2) is 6.74. The molecule has 2 rings (SSSR count). The molecule has 0 spiro atoms. The van der Waals surface area contributed by atoms with Crippen molar-refractivity contribution in [3.63, 3.8) is 0 Å². The number of hydrogen-bond acceptors (Lipinski definition) is 3. The molecule has 0 aliphatic carbocycles. The number of aromatic carboxylic acids is 1. The van der Waals surface area contributed by atoms with Crippen molar-refractivity contribution in [3.05, 3.63) is 59.4 Å². The summed E-state index contributed by atoms with van der Waals surface area (Å²) in [4.78, 5) is 10.7. The van der Waals surface area contributed by atoms with Crippen molar-refractivity contribution < 1.29 is 19.0 Å². The summed E-state index contributed by atoms with van der Waals surface area (Å²) in [5.74, 6) is -1.24. The quantitative estimate of drug-likeness (QED) is 0.854. The van der Waals surface area contributed by atoms with E-state index in [9.17, 15) is 9.18 Å². The number of rotatable bonds is 6. The second-order valence-electron chi connectivity index (χ2n) is 4.43. The van der Waals surface area contributed by atoms with E-state index in [1.807, 2.05) is 31.2 Å². The zero-order chi connectivity index (χ0) is 15.2. The van der Waals surface area contributed by atoms with Gasteiger partial charge in [0.2, 0.25) is 0 Å². The van der Waals surface area contributed by atoms with Crippen molar-refractivity contribution in [2.24, 2.45) is 0 Å². The van der Waals surface area contributed by atoms with E-state index in [1.54, 1.807) is 6.07 Å². The Hall–Kier alpha value is -2.56. The van der Waals surface area contributed by atoms with Crippen molar-refractivity contribution >= 4 is 11.7 Å². The molecule has 0 saturated carbocycles. The molecule has 0 bridgehead atoms. The van der Waals surface area contributed by atoms with Crippen LogP contribution in [0.4, 0.5) is 10.1 Å². The molecule has 0 radical (unpaired) electrons. The van der Waals surface area contributed by atoms with Crippen LogP contribution in [0.1, 0.15) is 22.8 Å².